The third-order valence-corrected chi connectivity index (χ3v) is 3.03. The Labute approximate surface area is 111 Å². The molecule has 3 N–H and O–H groups in total. The summed E-state index contributed by atoms with van der Waals surface area (Å²) in [5, 5.41) is 0. The van der Waals surface area contributed by atoms with Crippen LogP contribution in [0, 0.1) is 0 Å². The molecular formula is C14H26N4. The minimum atomic E-state index is 0.715. The van der Waals surface area contributed by atoms with Crippen LogP contribution < -0.4 is 11.3 Å². The summed E-state index contributed by atoms with van der Waals surface area (Å²) in [5.41, 5.74) is 3.80. The molecule has 18 heavy (non-hydrogen) atoms. The van der Waals surface area contributed by atoms with Gasteiger partial charge in [0.25, 0.3) is 0 Å². The van der Waals surface area contributed by atoms with E-state index in [4.69, 9.17) is 5.84 Å². The Kier molecular flexibility index (Phi) is 7.37. The molecule has 102 valence electrons. The predicted molar refractivity (Wildman–Crippen MR) is 77.1 cm³/mol. The maximum absolute atomic E-state index is 5.31. The zero-order valence-electron chi connectivity index (χ0n) is 11.7. The van der Waals surface area contributed by atoms with Gasteiger partial charge in [-0.05, 0) is 37.6 Å². The Hall–Kier alpha value is -1.13. The average Bonchev–Trinajstić information content (AvgIpc) is 2.42. The van der Waals surface area contributed by atoms with Crippen molar-refractivity contribution >= 4 is 5.82 Å². The maximum Gasteiger partial charge on any atom is 0.139 e. The van der Waals surface area contributed by atoms with Crippen molar-refractivity contribution < 1.29 is 0 Å². The van der Waals surface area contributed by atoms with Crippen molar-refractivity contribution in [1.29, 1.82) is 0 Å². The van der Waals surface area contributed by atoms with Crippen LogP contribution in [0.2, 0.25) is 0 Å². The Morgan fingerprint density at radius 2 is 1.83 bits per heavy atom. The number of hydrazine groups is 1. The number of nitrogen functional groups attached to an aromatic ring is 1. The molecule has 0 fully saturated rings. The lowest BCUT2D eigenvalue weighted by atomic mass is 10.2. The topological polar surface area (TPSA) is 54.2 Å². The standard InChI is InChI=1S/C14H26N4/c1-3-5-9-18(10-6-4-2)12-13-7-8-14(17-15)16-11-13/h7-8,11H,3-6,9-10,12,15H2,1-2H3,(H,16,17). The van der Waals surface area contributed by atoms with Crippen molar-refractivity contribution in [2.75, 3.05) is 18.5 Å². The van der Waals surface area contributed by atoms with Gasteiger partial charge in [-0.3, -0.25) is 4.90 Å². The zero-order valence-corrected chi connectivity index (χ0v) is 11.7. The number of unbranched alkanes of at least 4 members (excludes halogenated alkanes) is 2. The summed E-state index contributed by atoms with van der Waals surface area (Å²) < 4.78 is 0. The fraction of sp³-hybridized carbons (Fsp3) is 0.643. The molecule has 4 heteroatoms. The van der Waals surface area contributed by atoms with E-state index in [1.54, 1.807) is 0 Å². The molecule has 0 aromatic carbocycles. The molecule has 0 saturated heterocycles. The van der Waals surface area contributed by atoms with Crippen molar-refractivity contribution in [2.45, 2.75) is 46.1 Å². The van der Waals surface area contributed by atoms with Crippen LogP contribution in [0.25, 0.3) is 0 Å². The number of rotatable bonds is 9. The van der Waals surface area contributed by atoms with E-state index in [0.29, 0.717) is 5.82 Å². The highest BCUT2D eigenvalue weighted by Gasteiger charge is 2.05. The summed E-state index contributed by atoms with van der Waals surface area (Å²) in [6.45, 7) is 7.81. The van der Waals surface area contributed by atoms with E-state index in [1.165, 1.54) is 44.3 Å². The number of hydrogen-bond donors (Lipinski definition) is 2. The third-order valence-electron chi connectivity index (χ3n) is 3.03. The van der Waals surface area contributed by atoms with Crippen LogP contribution in [0.15, 0.2) is 18.3 Å². The van der Waals surface area contributed by atoms with Crippen LogP contribution in [-0.2, 0) is 6.54 Å². The van der Waals surface area contributed by atoms with Gasteiger partial charge in [0, 0.05) is 12.7 Å². The molecule has 0 aliphatic rings. The van der Waals surface area contributed by atoms with Crippen molar-refractivity contribution in [2.24, 2.45) is 5.84 Å². The van der Waals surface area contributed by atoms with E-state index in [1.807, 2.05) is 12.3 Å². The highest BCUT2D eigenvalue weighted by atomic mass is 15.2. The van der Waals surface area contributed by atoms with Crippen LogP contribution >= 0.6 is 0 Å². The van der Waals surface area contributed by atoms with Gasteiger partial charge in [0.15, 0.2) is 0 Å². The van der Waals surface area contributed by atoms with Crippen LogP contribution in [0.3, 0.4) is 0 Å². The van der Waals surface area contributed by atoms with Gasteiger partial charge in [-0.15, -0.1) is 0 Å². The summed E-state index contributed by atoms with van der Waals surface area (Å²) in [7, 11) is 0. The molecule has 0 spiro atoms. The Balaban J connectivity index is 2.51. The largest absolute Gasteiger partial charge is 0.308 e. The van der Waals surface area contributed by atoms with E-state index in [0.717, 1.165) is 6.54 Å². The Morgan fingerprint density at radius 1 is 1.17 bits per heavy atom. The van der Waals surface area contributed by atoms with Gasteiger partial charge in [0.1, 0.15) is 5.82 Å². The van der Waals surface area contributed by atoms with Crippen LogP contribution in [-0.4, -0.2) is 23.0 Å². The molecule has 1 aromatic heterocycles. The van der Waals surface area contributed by atoms with Crippen LogP contribution in [0.4, 0.5) is 5.82 Å². The summed E-state index contributed by atoms with van der Waals surface area (Å²) >= 11 is 0. The number of aromatic nitrogens is 1. The van der Waals surface area contributed by atoms with Gasteiger partial charge in [-0.25, -0.2) is 10.8 Å². The van der Waals surface area contributed by atoms with Gasteiger partial charge >= 0.3 is 0 Å². The van der Waals surface area contributed by atoms with E-state index in [-0.39, 0.29) is 0 Å². The van der Waals surface area contributed by atoms with Gasteiger partial charge in [0.05, 0.1) is 0 Å². The highest BCUT2D eigenvalue weighted by molar-refractivity contribution is 5.33. The second-order valence-corrected chi connectivity index (χ2v) is 4.68. The molecule has 4 nitrogen and oxygen atoms in total. The molecule has 0 unspecified atom stereocenters. The van der Waals surface area contributed by atoms with Crippen LogP contribution in [0.1, 0.15) is 45.1 Å². The molecule has 0 radical (unpaired) electrons. The lowest BCUT2D eigenvalue weighted by molar-refractivity contribution is 0.257. The minimum Gasteiger partial charge on any atom is -0.308 e. The fourth-order valence-corrected chi connectivity index (χ4v) is 1.89. The number of nitrogens with zero attached hydrogens (tertiary/aromatic N) is 2. The molecule has 0 bridgehead atoms. The average molecular weight is 250 g/mol. The fourth-order valence-electron chi connectivity index (χ4n) is 1.89. The number of nitrogens with two attached hydrogens (primary N) is 1. The number of pyridine rings is 1. The third kappa shape index (κ3) is 5.47. The second kappa shape index (κ2) is 8.89. The molecule has 1 rings (SSSR count). The van der Waals surface area contributed by atoms with Gasteiger partial charge in [-0.2, -0.15) is 0 Å². The highest BCUT2D eigenvalue weighted by Crippen LogP contribution is 2.09. The normalized spacial score (nSPS) is 10.9. The Morgan fingerprint density at radius 3 is 2.28 bits per heavy atom. The quantitative estimate of drug-likeness (QED) is 0.523. The van der Waals surface area contributed by atoms with E-state index in [2.05, 4.69) is 35.2 Å². The van der Waals surface area contributed by atoms with Crippen LogP contribution in [0.5, 0.6) is 0 Å². The van der Waals surface area contributed by atoms with Crippen molar-refractivity contribution in [3.05, 3.63) is 23.9 Å². The van der Waals surface area contributed by atoms with Gasteiger partial charge in [-0.1, -0.05) is 32.8 Å². The molecule has 1 aromatic rings. The van der Waals surface area contributed by atoms with Gasteiger partial charge < -0.3 is 5.43 Å². The first-order chi connectivity index (χ1) is 8.80. The zero-order chi connectivity index (χ0) is 13.2. The second-order valence-electron chi connectivity index (χ2n) is 4.68. The molecule has 0 atom stereocenters. The summed E-state index contributed by atoms with van der Waals surface area (Å²) in [4.78, 5) is 6.76. The number of hydrogen-bond acceptors (Lipinski definition) is 4. The monoisotopic (exact) mass is 250 g/mol. The summed E-state index contributed by atoms with van der Waals surface area (Å²) in [5.74, 6) is 6.02. The smallest absolute Gasteiger partial charge is 0.139 e. The first kappa shape index (κ1) is 14.9. The van der Waals surface area contributed by atoms with Gasteiger partial charge in [0.2, 0.25) is 0 Å². The number of anilines is 1. The van der Waals surface area contributed by atoms with E-state index in [9.17, 15) is 0 Å². The lowest BCUT2D eigenvalue weighted by Crippen LogP contribution is -2.25. The van der Waals surface area contributed by atoms with E-state index < -0.39 is 0 Å². The molecule has 1 heterocycles. The Bertz CT molecular complexity index is 302. The molecular weight excluding hydrogens is 224 g/mol. The van der Waals surface area contributed by atoms with E-state index >= 15 is 0 Å². The molecule has 0 aliphatic heterocycles. The lowest BCUT2D eigenvalue weighted by Gasteiger charge is -2.21. The summed E-state index contributed by atoms with van der Waals surface area (Å²) in [6, 6.07) is 4.01. The van der Waals surface area contributed by atoms with Crippen molar-refractivity contribution in [3.63, 3.8) is 0 Å². The van der Waals surface area contributed by atoms with Crippen molar-refractivity contribution in [1.82, 2.24) is 9.88 Å². The molecule has 0 saturated carbocycles. The first-order valence-corrected chi connectivity index (χ1v) is 6.94. The summed E-state index contributed by atoms with van der Waals surface area (Å²) in [6.07, 6.45) is 6.92. The SMILES string of the molecule is CCCCN(CCCC)Cc1ccc(NN)nc1. The molecule has 0 amide bonds. The molecule has 0 aliphatic carbocycles. The predicted octanol–water partition coefficient (Wildman–Crippen LogP) is 2.77. The minimum absolute atomic E-state index is 0.715. The maximum atomic E-state index is 5.31. The number of nitrogens with one attached hydrogen (secondary N) is 1. The first-order valence-electron chi connectivity index (χ1n) is 6.94. The van der Waals surface area contributed by atoms with Crippen molar-refractivity contribution in [3.8, 4) is 0 Å².